The van der Waals surface area contributed by atoms with Gasteiger partial charge in [-0.25, -0.2) is 0 Å². The van der Waals surface area contributed by atoms with Crippen LogP contribution in [0.1, 0.15) is 32.1 Å². The summed E-state index contributed by atoms with van der Waals surface area (Å²) in [7, 11) is 0. The minimum absolute atomic E-state index is 0.401. The number of hydrogen-bond donors (Lipinski definition) is 2. The van der Waals surface area contributed by atoms with Crippen molar-refractivity contribution in [2.45, 2.75) is 44.3 Å². The van der Waals surface area contributed by atoms with Crippen LogP contribution in [0.2, 0.25) is 0 Å². The van der Waals surface area contributed by atoms with Gasteiger partial charge in [0, 0.05) is 0 Å². The Hall–Kier alpha value is 0.270. The van der Waals surface area contributed by atoms with Crippen LogP contribution in [0.4, 0.5) is 0 Å². The molecule has 0 aromatic carbocycles. The van der Waals surface area contributed by atoms with Gasteiger partial charge in [0.1, 0.15) is 0 Å². The summed E-state index contributed by atoms with van der Waals surface area (Å²) in [6.45, 7) is 0. The summed E-state index contributed by atoms with van der Waals surface area (Å²) >= 11 is 1.93. The Bertz CT molecular complexity index is 178. The van der Waals surface area contributed by atoms with E-state index >= 15 is 0 Å². The molecule has 2 aliphatic rings. The summed E-state index contributed by atoms with van der Waals surface area (Å²) in [5.41, 5.74) is 0. The van der Waals surface area contributed by atoms with Crippen LogP contribution >= 0.6 is 11.8 Å². The minimum atomic E-state index is -0.478. The van der Waals surface area contributed by atoms with Crippen LogP contribution in [0.25, 0.3) is 0 Å². The minimum Gasteiger partial charge on any atom is -0.390 e. The Morgan fingerprint density at radius 2 is 1.86 bits per heavy atom. The number of aliphatic hydroxyl groups excluding tert-OH is 2. The van der Waals surface area contributed by atoms with E-state index in [9.17, 15) is 10.2 Å². The average Bonchev–Trinajstić information content (AvgIpc) is 3.04. The molecular weight excluding hydrogens is 196 g/mol. The van der Waals surface area contributed by atoms with Gasteiger partial charge in [-0.1, -0.05) is 0 Å². The van der Waals surface area contributed by atoms with E-state index in [0.29, 0.717) is 5.92 Å². The summed E-state index contributed by atoms with van der Waals surface area (Å²) in [5, 5.41) is 19.3. The second-order valence-electron chi connectivity index (χ2n) is 4.70. The molecule has 2 rings (SSSR count). The summed E-state index contributed by atoms with van der Waals surface area (Å²) in [6.07, 6.45) is 4.85. The molecule has 3 heteroatoms. The van der Waals surface area contributed by atoms with Crippen LogP contribution in [0, 0.1) is 11.8 Å². The van der Waals surface area contributed by atoms with E-state index in [4.69, 9.17) is 0 Å². The van der Waals surface area contributed by atoms with Crippen molar-refractivity contribution in [1.82, 2.24) is 0 Å². The third kappa shape index (κ3) is 3.44. The highest BCUT2D eigenvalue weighted by Crippen LogP contribution is 2.35. The largest absolute Gasteiger partial charge is 0.390 e. The first-order valence-electron chi connectivity index (χ1n) is 5.71. The van der Waals surface area contributed by atoms with Crippen molar-refractivity contribution in [1.29, 1.82) is 0 Å². The van der Waals surface area contributed by atoms with Crippen molar-refractivity contribution in [2.75, 3.05) is 11.5 Å². The first kappa shape index (κ1) is 10.8. The molecule has 0 radical (unpaired) electrons. The second kappa shape index (κ2) is 4.86. The van der Waals surface area contributed by atoms with Crippen LogP contribution < -0.4 is 0 Å². The number of hydrogen-bond acceptors (Lipinski definition) is 3. The fourth-order valence-corrected chi connectivity index (χ4v) is 2.90. The topological polar surface area (TPSA) is 40.5 Å². The highest BCUT2D eigenvalue weighted by atomic mass is 32.2. The Morgan fingerprint density at radius 3 is 2.43 bits per heavy atom. The number of rotatable bonds is 7. The van der Waals surface area contributed by atoms with E-state index in [1.54, 1.807) is 0 Å². The number of aliphatic hydroxyl groups is 2. The molecule has 14 heavy (non-hydrogen) atoms. The SMILES string of the molecule is OC(CCSCC1CC1)C(O)C1CC1. The van der Waals surface area contributed by atoms with E-state index in [0.717, 1.165) is 30.9 Å². The molecule has 0 aliphatic heterocycles. The normalized spacial score (nSPS) is 26.1. The van der Waals surface area contributed by atoms with Gasteiger partial charge in [-0.2, -0.15) is 11.8 Å². The van der Waals surface area contributed by atoms with Crippen LogP contribution in [-0.2, 0) is 0 Å². The quantitative estimate of drug-likeness (QED) is 0.636. The third-order valence-corrected chi connectivity index (χ3v) is 4.34. The molecule has 2 nitrogen and oxygen atoms in total. The van der Waals surface area contributed by atoms with Crippen LogP contribution in [0.15, 0.2) is 0 Å². The van der Waals surface area contributed by atoms with Crippen molar-refractivity contribution in [2.24, 2.45) is 11.8 Å². The molecule has 2 saturated carbocycles. The molecule has 0 heterocycles. The molecule has 82 valence electrons. The van der Waals surface area contributed by atoms with Gasteiger partial charge in [0.25, 0.3) is 0 Å². The average molecular weight is 216 g/mol. The fraction of sp³-hybridized carbons (Fsp3) is 1.00. The van der Waals surface area contributed by atoms with Gasteiger partial charge < -0.3 is 10.2 Å². The molecule has 0 amide bonds. The maximum atomic E-state index is 9.65. The predicted molar refractivity (Wildman–Crippen MR) is 59.4 cm³/mol. The summed E-state index contributed by atoms with van der Waals surface area (Å²) in [4.78, 5) is 0. The molecule has 2 fully saturated rings. The maximum Gasteiger partial charge on any atom is 0.0827 e. The van der Waals surface area contributed by atoms with Crippen LogP contribution in [-0.4, -0.2) is 33.9 Å². The monoisotopic (exact) mass is 216 g/mol. The van der Waals surface area contributed by atoms with Crippen molar-refractivity contribution >= 4 is 11.8 Å². The first-order valence-corrected chi connectivity index (χ1v) is 6.86. The van der Waals surface area contributed by atoms with Crippen molar-refractivity contribution < 1.29 is 10.2 Å². The molecule has 2 N–H and O–H groups in total. The second-order valence-corrected chi connectivity index (χ2v) is 5.85. The Balaban J connectivity index is 1.49. The summed E-state index contributed by atoms with van der Waals surface area (Å²) in [6, 6.07) is 0. The Labute approximate surface area is 90.1 Å². The van der Waals surface area contributed by atoms with E-state index in [-0.39, 0.29) is 0 Å². The zero-order chi connectivity index (χ0) is 9.97. The zero-order valence-corrected chi connectivity index (χ0v) is 9.38. The fourth-order valence-electron chi connectivity index (χ4n) is 1.66. The zero-order valence-electron chi connectivity index (χ0n) is 8.56. The molecule has 0 spiro atoms. The van der Waals surface area contributed by atoms with Crippen molar-refractivity contribution in [3.8, 4) is 0 Å². The smallest absolute Gasteiger partial charge is 0.0827 e. The number of thioether (sulfide) groups is 1. The van der Waals surface area contributed by atoms with E-state index in [1.165, 1.54) is 18.6 Å². The molecule has 2 aliphatic carbocycles. The lowest BCUT2D eigenvalue weighted by Crippen LogP contribution is -2.28. The highest BCUT2D eigenvalue weighted by molar-refractivity contribution is 7.99. The van der Waals surface area contributed by atoms with E-state index in [1.807, 2.05) is 11.8 Å². The summed E-state index contributed by atoms with van der Waals surface area (Å²) < 4.78 is 0. The van der Waals surface area contributed by atoms with Crippen LogP contribution in [0.3, 0.4) is 0 Å². The Kier molecular flexibility index (Phi) is 3.74. The standard InChI is InChI=1S/C11H20O2S/c12-10(11(13)9-3-4-9)5-6-14-7-8-1-2-8/h8-13H,1-7H2. The molecule has 0 aromatic heterocycles. The van der Waals surface area contributed by atoms with Crippen molar-refractivity contribution in [3.05, 3.63) is 0 Å². The maximum absolute atomic E-state index is 9.65. The summed E-state index contributed by atoms with van der Waals surface area (Å²) in [5.74, 6) is 3.62. The van der Waals surface area contributed by atoms with Gasteiger partial charge in [-0.15, -0.1) is 0 Å². The van der Waals surface area contributed by atoms with E-state index in [2.05, 4.69) is 0 Å². The molecule has 0 bridgehead atoms. The molecule has 0 aromatic rings. The third-order valence-electron chi connectivity index (χ3n) is 3.11. The molecule has 2 atom stereocenters. The molecular formula is C11H20O2S. The van der Waals surface area contributed by atoms with Gasteiger partial charge >= 0.3 is 0 Å². The Morgan fingerprint density at radius 1 is 1.14 bits per heavy atom. The van der Waals surface area contributed by atoms with Gasteiger partial charge in [-0.05, 0) is 55.4 Å². The lowest BCUT2D eigenvalue weighted by atomic mass is 10.1. The van der Waals surface area contributed by atoms with Gasteiger partial charge in [0.15, 0.2) is 0 Å². The molecule has 2 unspecified atom stereocenters. The van der Waals surface area contributed by atoms with E-state index < -0.39 is 12.2 Å². The highest BCUT2D eigenvalue weighted by Gasteiger charge is 2.34. The molecule has 0 saturated heterocycles. The van der Waals surface area contributed by atoms with Gasteiger partial charge in [0.05, 0.1) is 12.2 Å². The first-order chi connectivity index (χ1) is 6.77. The van der Waals surface area contributed by atoms with Crippen molar-refractivity contribution in [3.63, 3.8) is 0 Å². The van der Waals surface area contributed by atoms with Gasteiger partial charge in [-0.3, -0.25) is 0 Å². The van der Waals surface area contributed by atoms with Crippen LogP contribution in [0.5, 0.6) is 0 Å². The van der Waals surface area contributed by atoms with Gasteiger partial charge in [0.2, 0.25) is 0 Å². The predicted octanol–water partition coefficient (Wildman–Crippen LogP) is 1.65. The lowest BCUT2D eigenvalue weighted by Gasteiger charge is -2.16. The lowest BCUT2D eigenvalue weighted by molar-refractivity contribution is 0.00509.